The number of rotatable bonds is 4. The number of anilines is 4. The smallest absolute Gasteiger partial charge is 0.308 e. The Bertz CT molecular complexity index is 762. The number of benzene rings is 1. The average molecular weight is 406 g/mol. The van der Waals surface area contributed by atoms with E-state index in [1.54, 1.807) is 0 Å². The first-order valence-electron chi connectivity index (χ1n) is 8.04. The Morgan fingerprint density at radius 1 is 1.36 bits per heavy atom. The molecule has 1 aliphatic heterocycles. The largest absolute Gasteiger partial charge is 0.469 e. The lowest BCUT2D eigenvalue weighted by atomic mass is 9.97. The molecule has 3 N–H and O–H groups in total. The van der Waals surface area contributed by atoms with E-state index in [1.807, 2.05) is 24.3 Å². The van der Waals surface area contributed by atoms with Crippen molar-refractivity contribution in [3.8, 4) is 0 Å². The van der Waals surface area contributed by atoms with Crippen LogP contribution in [-0.4, -0.2) is 36.1 Å². The highest BCUT2D eigenvalue weighted by Gasteiger charge is 2.27. The minimum Gasteiger partial charge on any atom is -0.469 e. The Balaban J connectivity index is 1.74. The van der Waals surface area contributed by atoms with E-state index in [2.05, 4.69) is 36.1 Å². The molecule has 0 bridgehead atoms. The Hall–Kier alpha value is -2.35. The number of ether oxygens (including phenoxy) is 1. The molecule has 7 nitrogen and oxygen atoms in total. The van der Waals surface area contributed by atoms with Crippen LogP contribution in [0.5, 0.6) is 0 Å². The van der Waals surface area contributed by atoms with Gasteiger partial charge in [-0.25, -0.2) is 9.97 Å². The fourth-order valence-corrected chi connectivity index (χ4v) is 3.33. The van der Waals surface area contributed by atoms with Crippen LogP contribution in [-0.2, 0) is 9.53 Å². The van der Waals surface area contributed by atoms with Crippen molar-refractivity contribution < 1.29 is 9.53 Å². The van der Waals surface area contributed by atoms with Crippen LogP contribution in [0.4, 0.5) is 23.0 Å². The van der Waals surface area contributed by atoms with Crippen LogP contribution in [0.15, 0.2) is 35.1 Å². The van der Waals surface area contributed by atoms with E-state index >= 15 is 0 Å². The summed E-state index contributed by atoms with van der Waals surface area (Å²) in [5.41, 5.74) is 7.67. The van der Waals surface area contributed by atoms with Gasteiger partial charge in [-0.3, -0.25) is 4.79 Å². The topological polar surface area (TPSA) is 93.4 Å². The average Bonchev–Trinajstić information content (AvgIpc) is 2.63. The number of piperidine rings is 1. The van der Waals surface area contributed by atoms with Gasteiger partial charge in [0.05, 0.1) is 13.0 Å². The number of hydrogen-bond acceptors (Lipinski definition) is 7. The number of nitrogen functional groups attached to an aromatic ring is 1. The summed E-state index contributed by atoms with van der Waals surface area (Å²) in [6.45, 7) is 1.41. The van der Waals surface area contributed by atoms with Crippen LogP contribution in [0.1, 0.15) is 12.8 Å². The van der Waals surface area contributed by atoms with Crippen molar-refractivity contribution in [3.63, 3.8) is 0 Å². The highest BCUT2D eigenvalue weighted by atomic mass is 79.9. The summed E-state index contributed by atoms with van der Waals surface area (Å²) in [6, 6.07) is 7.77. The van der Waals surface area contributed by atoms with Crippen LogP contribution in [0.2, 0.25) is 0 Å². The van der Waals surface area contributed by atoms with E-state index in [9.17, 15) is 4.79 Å². The van der Waals surface area contributed by atoms with Crippen molar-refractivity contribution in [2.75, 3.05) is 36.1 Å². The number of halogens is 1. The van der Waals surface area contributed by atoms with Crippen LogP contribution in [0.25, 0.3) is 0 Å². The number of methoxy groups -OCH3 is 1. The number of carbonyl (C=O) groups excluding carboxylic acids is 1. The van der Waals surface area contributed by atoms with Gasteiger partial charge in [0.2, 0.25) is 0 Å². The number of aromatic nitrogens is 2. The summed E-state index contributed by atoms with van der Waals surface area (Å²) in [4.78, 5) is 22.3. The van der Waals surface area contributed by atoms with E-state index in [1.165, 1.54) is 13.4 Å². The molecule has 8 heteroatoms. The van der Waals surface area contributed by atoms with Crippen molar-refractivity contribution >= 4 is 44.9 Å². The van der Waals surface area contributed by atoms with E-state index in [0.29, 0.717) is 30.4 Å². The van der Waals surface area contributed by atoms with Crippen molar-refractivity contribution in [1.82, 2.24) is 9.97 Å². The van der Waals surface area contributed by atoms with Gasteiger partial charge in [0.1, 0.15) is 12.0 Å². The summed E-state index contributed by atoms with van der Waals surface area (Å²) >= 11 is 3.44. The fourth-order valence-electron chi connectivity index (χ4n) is 2.93. The number of nitrogens with zero attached hydrogens (tertiary/aromatic N) is 3. The van der Waals surface area contributed by atoms with Gasteiger partial charge in [0.25, 0.3) is 0 Å². The SMILES string of the molecule is COC(=O)C1CCN(c2ncnc(Nc3cccc(Br)c3)c2N)CC1. The Labute approximate surface area is 154 Å². The zero-order valence-corrected chi connectivity index (χ0v) is 15.5. The Morgan fingerprint density at radius 2 is 2.12 bits per heavy atom. The second-order valence-electron chi connectivity index (χ2n) is 5.88. The first-order valence-corrected chi connectivity index (χ1v) is 8.83. The first kappa shape index (κ1) is 17.5. The van der Waals surface area contributed by atoms with E-state index < -0.39 is 0 Å². The van der Waals surface area contributed by atoms with Crippen LogP contribution < -0.4 is 16.0 Å². The lowest BCUT2D eigenvalue weighted by molar-refractivity contribution is -0.146. The van der Waals surface area contributed by atoms with Crippen LogP contribution in [0, 0.1) is 5.92 Å². The number of esters is 1. The molecule has 1 aromatic carbocycles. The molecular formula is C17H20BrN5O2. The van der Waals surface area contributed by atoms with Crippen molar-refractivity contribution in [3.05, 3.63) is 35.1 Å². The normalized spacial score (nSPS) is 15.0. The van der Waals surface area contributed by atoms with Crippen LogP contribution in [0.3, 0.4) is 0 Å². The molecule has 1 aromatic heterocycles. The highest BCUT2D eigenvalue weighted by molar-refractivity contribution is 9.10. The molecule has 0 spiro atoms. The Morgan fingerprint density at radius 3 is 2.80 bits per heavy atom. The monoisotopic (exact) mass is 405 g/mol. The maximum absolute atomic E-state index is 11.7. The lowest BCUT2D eigenvalue weighted by Crippen LogP contribution is -2.37. The van der Waals surface area contributed by atoms with Gasteiger partial charge < -0.3 is 20.7 Å². The molecule has 0 unspecified atom stereocenters. The number of nitrogens with two attached hydrogens (primary N) is 1. The van der Waals surface area contributed by atoms with Crippen molar-refractivity contribution in [2.24, 2.45) is 5.92 Å². The van der Waals surface area contributed by atoms with Crippen molar-refractivity contribution in [1.29, 1.82) is 0 Å². The summed E-state index contributed by atoms with van der Waals surface area (Å²) < 4.78 is 5.80. The molecule has 1 fully saturated rings. The summed E-state index contributed by atoms with van der Waals surface area (Å²) in [7, 11) is 1.43. The molecule has 2 heterocycles. The zero-order valence-electron chi connectivity index (χ0n) is 13.9. The minimum absolute atomic E-state index is 0.0522. The molecular weight excluding hydrogens is 386 g/mol. The van der Waals surface area contributed by atoms with Gasteiger partial charge in [-0.05, 0) is 31.0 Å². The molecule has 0 amide bonds. The quantitative estimate of drug-likeness (QED) is 0.754. The lowest BCUT2D eigenvalue weighted by Gasteiger charge is -2.32. The molecule has 0 atom stereocenters. The molecule has 0 saturated carbocycles. The van der Waals surface area contributed by atoms with Gasteiger partial charge in [-0.1, -0.05) is 22.0 Å². The summed E-state index contributed by atoms with van der Waals surface area (Å²) in [6.07, 6.45) is 2.95. The van der Waals surface area contributed by atoms with Gasteiger partial charge in [-0.2, -0.15) is 0 Å². The zero-order chi connectivity index (χ0) is 17.8. The first-order chi connectivity index (χ1) is 12.1. The second-order valence-corrected chi connectivity index (χ2v) is 6.80. The fraction of sp³-hybridized carbons (Fsp3) is 0.353. The highest BCUT2D eigenvalue weighted by Crippen LogP contribution is 2.31. The van der Waals surface area contributed by atoms with Crippen LogP contribution >= 0.6 is 15.9 Å². The minimum atomic E-state index is -0.146. The molecule has 1 saturated heterocycles. The molecule has 1 aliphatic rings. The number of nitrogens with one attached hydrogen (secondary N) is 1. The number of hydrogen-bond donors (Lipinski definition) is 2. The molecule has 0 aliphatic carbocycles. The van der Waals surface area contributed by atoms with Crippen molar-refractivity contribution in [2.45, 2.75) is 12.8 Å². The van der Waals surface area contributed by atoms with Gasteiger partial charge >= 0.3 is 5.97 Å². The van der Waals surface area contributed by atoms with E-state index in [0.717, 1.165) is 23.0 Å². The van der Waals surface area contributed by atoms with Gasteiger partial charge in [-0.15, -0.1) is 0 Å². The van der Waals surface area contributed by atoms with Gasteiger partial charge in [0, 0.05) is 23.2 Å². The third kappa shape index (κ3) is 4.01. The summed E-state index contributed by atoms with van der Waals surface area (Å²) in [5, 5.41) is 3.22. The third-order valence-corrected chi connectivity index (χ3v) is 4.77. The Kier molecular flexibility index (Phi) is 5.37. The standard InChI is InChI=1S/C17H20BrN5O2/c1-25-17(24)11-5-7-23(8-6-11)16-14(19)15(20-10-21-16)22-13-4-2-3-12(18)9-13/h2-4,9-11H,5-8,19H2,1H3,(H,20,21,22). The summed E-state index contributed by atoms with van der Waals surface area (Å²) in [5.74, 6) is 1.06. The molecule has 132 valence electrons. The second kappa shape index (κ2) is 7.69. The van der Waals surface area contributed by atoms with E-state index in [4.69, 9.17) is 10.5 Å². The molecule has 25 heavy (non-hydrogen) atoms. The molecule has 3 rings (SSSR count). The maximum atomic E-state index is 11.7. The maximum Gasteiger partial charge on any atom is 0.308 e. The van der Waals surface area contributed by atoms with E-state index in [-0.39, 0.29) is 11.9 Å². The molecule has 0 radical (unpaired) electrons. The molecule has 2 aromatic rings. The predicted octanol–water partition coefficient (Wildman–Crippen LogP) is 2.95. The van der Waals surface area contributed by atoms with Gasteiger partial charge in [0.15, 0.2) is 11.6 Å². The third-order valence-electron chi connectivity index (χ3n) is 4.28. The predicted molar refractivity (Wildman–Crippen MR) is 101 cm³/mol. The number of carbonyl (C=O) groups is 1.